The second-order valence-corrected chi connectivity index (χ2v) is 3.03. The molecule has 0 bridgehead atoms. The minimum absolute atomic E-state index is 0.236. The minimum Gasteiger partial charge on any atom is -0.497 e. The normalized spacial score (nSPS) is 11.5. The smallest absolute Gasteiger partial charge is 0.132 e. The summed E-state index contributed by atoms with van der Waals surface area (Å²) in [4.78, 5) is 0. The predicted octanol–water partition coefficient (Wildman–Crippen LogP) is 2.28. The van der Waals surface area contributed by atoms with Crippen molar-refractivity contribution in [3.05, 3.63) is 29.6 Å². The maximum Gasteiger partial charge on any atom is 0.132 e. The largest absolute Gasteiger partial charge is 0.497 e. The Morgan fingerprint density at radius 3 is 2.80 bits per heavy atom. The number of benzene rings is 1. The van der Waals surface area contributed by atoms with Gasteiger partial charge in [0.15, 0.2) is 0 Å². The van der Waals surface area contributed by atoms with Crippen LogP contribution < -0.4 is 4.74 Å². The summed E-state index contributed by atoms with van der Waals surface area (Å²) in [7, 11) is 1.47. The molecular formula is C12H13FO2. The predicted molar refractivity (Wildman–Crippen MR) is 56.0 cm³/mol. The summed E-state index contributed by atoms with van der Waals surface area (Å²) >= 11 is 0. The number of hydrogen-bond donors (Lipinski definition) is 1. The molecule has 0 aliphatic carbocycles. The molecule has 0 aliphatic heterocycles. The molecule has 0 saturated carbocycles. The van der Waals surface area contributed by atoms with Crippen molar-refractivity contribution < 1.29 is 14.2 Å². The van der Waals surface area contributed by atoms with Crippen molar-refractivity contribution in [2.24, 2.45) is 0 Å². The van der Waals surface area contributed by atoms with Crippen molar-refractivity contribution in [1.82, 2.24) is 0 Å². The zero-order valence-electron chi connectivity index (χ0n) is 8.75. The number of rotatable bonds is 3. The highest BCUT2D eigenvalue weighted by Gasteiger charge is 2.12. The Morgan fingerprint density at radius 1 is 1.53 bits per heavy atom. The Hall–Kier alpha value is -1.53. The van der Waals surface area contributed by atoms with E-state index in [4.69, 9.17) is 4.74 Å². The number of halogens is 1. The van der Waals surface area contributed by atoms with Gasteiger partial charge < -0.3 is 9.84 Å². The minimum atomic E-state index is -0.886. The molecule has 1 aromatic rings. The Labute approximate surface area is 88.7 Å². The van der Waals surface area contributed by atoms with E-state index in [0.29, 0.717) is 5.75 Å². The standard InChI is InChI=1S/C12H13FO2/c1-3-4-5-12(14)10-7-6-9(15-2)8-11(10)13/h6-8,12,14H,5H2,1-2H3. The van der Waals surface area contributed by atoms with Gasteiger partial charge in [-0.2, -0.15) is 0 Å². The van der Waals surface area contributed by atoms with Crippen LogP contribution >= 0.6 is 0 Å². The second-order valence-electron chi connectivity index (χ2n) is 3.03. The van der Waals surface area contributed by atoms with Crippen LogP contribution in [-0.4, -0.2) is 12.2 Å². The van der Waals surface area contributed by atoms with Crippen molar-refractivity contribution in [2.75, 3.05) is 7.11 Å². The van der Waals surface area contributed by atoms with Crippen LogP contribution in [0.3, 0.4) is 0 Å². The van der Waals surface area contributed by atoms with Gasteiger partial charge in [0.2, 0.25) is 0 Å². The lowest BCUT2D eigenvalue weighted by Gasteiger charge is -2.09. The summed E-state index contributed by atoms with van der Waals surface area (Å²) in [5.41, 5.74) is 0.249. The topological polar surface area (TPSA) is 29.5 Å². The molecule has 0 amide bonds. The Bertz CT molecular complexity index is 390. The summed E-state index contributed by atoms with van der Waals surface area (Å²) in [6.45, 7) is 1.68. The fourth-order valence-corrected chi connectivity index (χ4v) is 1.21. The molecule has 1 N–H and O–H groups in total. The molecule has 0 heterocycles. The van der Waals surface area contributed by atoms with E-state index >= 15 is 0 Å². The number of hydrogen-bond acceptors (Lipinski definition) is 2. The van der Waals surface area contributed by atoms with Gasteiger partial charge in [-0.25, -0.2) is 4.39 Å². The SMILES string of the molecule is CC#CCC(O)c1ccc(OC)cc1F. The Morgan fingerprint density at radius 2 is 2.27 bits per heavy atom. The Kier molecular flexibility index (Phi) is 4.14. The fourth-order valence-electron chi connectivity index (χ4n) is 1.21. The summed E-state index contributed by atoms with van der Waals surface area (Å²) in [5.74, 6) is 5.32. The highest BCUT2D eigenvalue weighted by atomic mass is 19.1. The molecule has 1 rings (SSSR count). The van der Waals surface area contributed by atoms with E-state index in [1.807, 2.05) is 0 Å². The first-order valence-electron chi connectivity index (χ1n) is 4.60. The van der Waals surface area contributed by atoms with Crippen LogP contribution in [0.25, 0.3) is 0 Å². The zero-order chi connectivity index (χ0) is 11.3. The lowest BCUT2D eigenvalue weighted by Crippen LogP contribution is -2.00. The summed E-state index contributed by atoms with van der Waals surface area (Å²) in [6, 6.07) is 4.37. The highest BCUT2D eigenvalue weighted by molar-refractivity contribution is 5.30. The van der Waals surface area contributed by atoms with E-state index < -0.39 is 11.9 Å². The third kappa shape index (κ3) is 2.97. The quantitative estimate of drug-likeness (QED) is 0.772. The molecule has 0 aliphatic rings. The molecule has 0 spiro atoms. The van der Waals surface area contributed by atoms with Crippen LogP contribution in [0, 0.1) is 17.7 Å². The van der Waals surface area contributed by atoms with Gasteiger partial charge in [-0.1, -0.05) is 0 Å². The first-order valence-corrected chi connectivity index (χ1v) is 4.60. The van der Waals surface area contributed by atoms with Crippen LogP contribution in [0.15, 0.2) is 18.2 Å². The molecule has 1 unspecified atom stereocenters. The van der Waals surface area contributed by atoms with Crippen LogP contribution in [0.2, 0.25) is 0 Å². The molecule has 1 aromatic carbocycles. The zero-order valence-corrected chi connectivity index (χ0v) is 8.75. The molecular weight excluding hydrogens is 195 g/mol. The van der Waals surface area contributed by atoms with Crippen molar-refractivity contribution in [1.29, 1.82) is 0 Å². The van der Waals surface area contributed by atoms with E-state index in [-0.39, 0.29) is 12.0 Å². The van der Waals surface area contributed by atoms with Gasteiger partial charge in [0.25, 0.3) is 0 Å². The van der Waals surface area contributed by atoms with Crippen LogP contribution in [0.4, 0.5) is 4.39 Å². The molecule has 2 nitrogen and oxygen atoms in total. The van der Waals surface area contributed by atoms with Crippen LogP contribution in [0.5, 0.6) is 5.75 Å². The lowest BCUT2D eigenvalue weighted by atomic mass is 10.1. The third-order valence-electron chi connectivity index (χ3n) is 2.04. The van der Waals surface area contributed by atoms with Crippen molar-refractivity contribution in [2.45, 2.75) is 19.4 Å². The Balaban J connectivity index is 2.88. The average Bonchev–Trinajstić information content (AvgIpc) is 2.25. The summed E-state index contributed by atoms with van der Waals surface area (Å²) in [5, 5.41) is 9.61. The molecule has 80 valence electrons. The summed E-state index contributed by atoms with van der Waals surface area (Å²) in [6.07, 6.45) is -0.650. The second kappa shape index (κ2) is 5.38. The van der Waals surface area contributed by atoms with E-state index in [1.165, 1.54) is 19.2 Å². The lowest BCUT2D eigenvalue weighted by molar-refractivity contribution is 0.179. The molecule has 0 fully saturated rings. The van der Waals surface area contributed by atoms with E-state index in [2.05, 4.69) is 11.8 Å². The third-order valence-corrected chi connectivity index (χ3v) is 2.04. The molecule has 0 saturated heterocycles. The van der Waals surface area contributed by atoms with Gasteiger partial charge in [0.05, 0.1) is 13.2 Å². The first kappa shape index (κ1) is 11.5. The molecule has 3 heteroatoms. The highest BCUT2D eigenvalue weighted by Crippen LogP contribution is 2.23. The van der Waals surface area contributed by atoms with Crippen LogP contribution in [-0.2, 0) is 0 Å². The van der Waals surface area contributed by atoms with Gasteiger partial charge in [0, 0.05) is 18.1 Å². The molecule has 0 aromatic heterocycles. The molecule has 0 radical (unpaired) electrons. The van der Waals surface area contributed by atoms with Crippen molar-refractivity contribution in [3.63, 3.8) is 0 Å². The molecule has 15 heavy (non-hydrogen) atoms. The van der Waals surface area contributed by atoms with E-state index in [0.717, 1.165) is 0 Å². The van der Waals surface area contributed by atoms with Gasteiger partial charge in [-0.3, -0.25) is 0 Å². The number of ether oxygens (including phenoxy) is 1. The number of aliphatic hydroxyl groups is 1. The van der Waals surface area contributed by atoms with E-state index in [1.54, 1.807) is 13.0 Å². The fraction of sp³-hybridized carbons (Fsp3) is 0.333. The van der Waals surface area contributed by atoms with Gasteiger partial charge in [0.1, 0.15) is 11.6 Å². The van der Waals surface area contributed by atoms with Gasteiger partial charge in [-0.15, -0.1) is 11.8 Å². The van der Waals surface area contributed by atoms with Crippen molar-refractivity contribution >= 4 is 0 Å². The average molecular weight is 208 g/mol. The van der Waals surface area contributed by atoms with Crippen molar-refractivity contribution in [3.8, 4) is 17.6 Å². The number of methoxy groups -OCH3 is 1. The van der Waals surface area contributed by atoms with Gasteiger partial charge >= 0.3 is 0 Å². The van der Waals surface area contributed by atoms with Gasteiger partial charge in [-0.05, 0) is 19.1 Å². The maximum absolute atomic E-state index is 13.4. The monoisotopic (exact) mass is 208 g/mol. The molecule has 1 atom stereocenters. The first-order chi connectivity index (χ1) is 7.19. The maximum atomic E-state index is 13.4. The van der Waals surface area contributed by atoms with Crippen LogP contribution in [0.1, 0.15) is 25.0 Å². The number of aliphatic hydroxyl groups excluding tert-OH is 1. The van der Waals surface area contributed by atoms with E-state index in [9.17, 15) is 9.50 Å². The summed E-state index contributed by atoms with van der Waals surface area (Å²) < 4.78 is 18.3.